The average Bonchev–Trinajstić information content (AvgIpc) is 3.18. The van der Waals surface area contributed by atoms with Crippen LogP contribution >= 0.6 is 0 Å². The van der Waals surface area contributed by atoms with Crippen molar-refractivity contribution < 1.29 is 19.1 Å². The van der Waals surface area contributed by atoms with Crippen molar-refractivity contribution in [1.82, 2.24) is 14.8 Å². The molecule has 2 aromatic rings. The van der Waals surface area contributed by atoms with E-state index in [1.54, 1.807) is 28.1 Å². The van der Waals surface area contributed by atoms with Gasteiger partial charge in [0.1, 0.15) is 17.9 Å². The summed E-state index contributed by atoms with van der Waals surface area (Å²) in [4.78, 5) is 34.0. The maximum atomic E-state index is 13.2. The number of hydrogen-bond acceptors (Lipinski definition) is 5. The van der Waals surface area contributed by atoms with Crippen LogP contribution in [0.1, 0.15) is 22.5 Å². The van der Waals surface area contributed by atoms with Gasteiger partial charge in [-0.25, -0.2) is 0 Å². The van der Waals surface area contributed by atoms with Crippen LogP contribution in [0.3, 0.4) is 0 Å². The molecule has 4 rings (SSSR count). The van der Waals surface area contributed by atoms with Crippen LogP contribution in [0.5, 0.6) is 5.75 Å². The van der Waals surface area contributed by atoms with Gasteiger partial charge < -0.3 is 19.3 Å². The number of pyridine rings is 1. The number of benzene rings is 1. The Morgan fingerprint density at radius 3 is 2.55 bits per heavy atom. The normalized spacial score (nSPS) is 21.8. The minimum absolute atomic E-state index is 0.0408. The fraction of sp³-hybridized carbons (Fsp3) is 0.409. The minimum atomic E-state index is -0.546. The molecule has 0 radical (unpaired) electrons. The maximum absolute atomic E-state index is 13.2. The first kappa shape index (κ1) is 19.4. The number of aromatic nitrogens is 1. The van der Waals surface area contributed by atoms with E-state index in [-0.39, 0.29) is 17.9 Å². The number of carbonyl (C=O) groups is 2. The molecule has 2 atom stereocenters. The molecular weight excluding hydrogens is 370 g/mol. The third-order valence-corrected chi connectivity index (χ3v) is 5.34. The predicted molar refractivity (Wildman–Crippen MR) is 107 cm³/mol. The Morgan fingerprint density at radius 1 is 1.10 bits per heavy atom. The van der Waals surface area contributed by atoms with Gasteiger partial charge in [-0.05, 0) is 31.2 Å². The summed E-state index contributed by atoms with van der Waals surface area (Å²) in [5, 5.41) is 0. The lowest BCUT2D eigenvalue weighted by atomic mass is 10.1. The quantitative estimate of drug-likeness (QED) is 0.791. The molecule has 2 fully saturated rings. The summed E-state index contributed by atoms with van der Waals surface area (Å²) in [6.45, 7) is 4.39. The molecule has 0 saturated carbocycles. The first-order valence-corrected chi connectivity index (χ1v) is 9.93. The van der Waals surface area contributed by atoms with E-state index in [1.807, 2.05) is 37.3 Å². The second-order valence-corrected chi connectivity index (χ2v) is 7.39. The zero-order valence-corrected chi connectivity index (χ0v) is 16.5. The van der Waals surface area contributed by atoms with E-state index in [0.717, 1.165) is 11.4 Å². The summed E-state index contributed by atoms with van der Waals surface area (Å²) in [6.07, 6.45) is 1.80. The molecule has 0 aliphatic carbocycles. The van der Waals surface area contributed by atoms with E-state index in [0.29, 0.717) is 44.8 Å². The first-order valence-electron chi connectivity index (χ1n) is 9.93. The lowest BCUT2D eigenvalue weighted by Crippen LogP contribution is -2.51. The third-order valence-electron chi connectivity index (χ3n) is 5.34. The van der Waals surface area contributed by atoms with Crippen molar-refractivity contribution in [2.45, 2.75) is 25.5 Å². The number of carbonyl (C=O) groups excluding carboxylic acids is 2. The van der Waals surface area contributed by atoms with Gasteiger partial charge in [0.2, 0.25) is 5.91 Å². The number of morpholine rings is 1. The number of amides is 2. The monoisotopic (exact) mass is 395 g/mol. The topological polar surface area (TPSA) is 72.0 Å². The highest BCUT2D eigenvalue weighted by Crippen LogP contribution is 2.26. The number of rotatable bonds is 4. The number of nitrogens with zero attached hydrogens (tertiary/aromatic N) is 3. The number of ether oxygens (including phenoxy) is 2. The van der Waals surface area contributed by atoms with E-state index >= 15 is 0 Å². The highest BCUT2D eigenvalue weighted by Gasteiger charge is 2.43. The molecule has 7 nitrogen and oxygen atoms in total. The third kappa shape index (κ3) is 4.40. The van der Waals surface area contributed by atoms with Crippen LogP contribution in [0.2, 0.25) is 0 Å². The number of likely N-dealkylation sites (tertiary alicyclic amines) is 1. The van der Waals surface area contributed by atoms with Crippen LogP contribution in [0, 0.1) is 6.92 Å². The summed E-state index contributed by atoms with van der Waals surface area (Å²) >= 11 is 0. The molecule has 0 spiro atoms. The second kappa shape index (κ2) is 8.61. The van der Waals surface area contributed by atoms with Gasteiger partial charge in [0, 0.05) is 31.4 Å². The SMILES string of the molecule is Cc1ccc(C(=O)N2C[C@@H](Oc3ccccc3)C[C@@H]2C(=O)N2CCOCC2)cn1. The Bertz CT molecular complexity index is 850. The molecule has 3 heterocycles. The number of para-hydroxylation sites is 1. The van der Waals surface area contributed by atoms with Crippen LogP contribution in [0.15, 0.2) is 48.7 Å². The summed E-state index contributed by atoms with van der Waals surface area (Å²) in [6, 6.07) is 12.5. The van der Waals surface area contributed by atoms with Crippen LogP contribution < -0.4 is 4.74 Å². The van der Waals surface area contributed by atoms with Gasteiger partial charge >= 0.3 is 0 Å². The van der Waals surface area contributed by atoms with E-state index in [1.165, 1.54) is 0 Å². The number of hydrogen-bond donors (Lipinski definition) is 0. The van der Waals surface area contributed by atoms with Crippen LogP contribution in [-0.2, 0) is 9.53 Å². The smallest absolute Gasteiger partial charge is 0.256 e. The molecule has 1 aromatic heterocycles. The van der Waals surface area contributed by atoms with Crippen LogP contribution in [0.4, 0.5) is 0 Å². The van der Waals surface area contributed by atoms with E-state index < -0.39 is 6.04 Å². The van der Waals surface area contributed by atoms with Gasteiger partial charge in [0.05, 0.1) is 25.3 Å². The molecule has 0 unspecified atom stereocenters. The molecular formula is C22H25N3O4. The first-order chi connectivity index (χ1) is 14.1. The van der Waals surface area contributed by atoms with Crippen molar-refractivity contribution in [3.05, 3.63) is 59.9 Å². The van der Waals surface area contributed by atoms with Crippen molar-refractivity contribution in [2.24, 2.45) is 0 Å². The maximum Gasteiger partial charge on any atom is 0.256 e. The molecule has 2 aliphatic rings. The molecule has 2 saturated heterocycles. The predicted octanol–water partition coefficient (Wildman–Crippen LogP) is 1.91. The van der Waals surface area contributed by atoms with Gasteiger partial charge in [-0.3, -0.25) is 14.6 Å². The highest BCUT2D eigenvalue weighted by molar-refractivity contribution is 5.97. The summed E-state index contributed by atoms with van der Waals surface area (Å²) in [7, 11) is 0. The van der Waals surface area contributed by atoms with E-state index in [4.69, 9.17) is 9.47 Å². The van der Waals surface area contributed by atoms with Crippen molar-refractivity contribution in [3.63, 3.8) is 0 Å². The summed E-state index contributed by atoms with van der Waals surface area (Å²) < 4.78 is 11.4. The van der Waals surface area contributed by atoms with Crippen molar-refractivity contribution in [3.8, 4) is 5.75 Å². The molecule has 2 amide bonds. The Labute approximate surface area is 170 Å². The highest BCUT2D eigenvalue weighted by atomic mass is 16.5. The van der Waals surface area contributed by atoms with Gasteiger partial charge in [0.15, 0.2) is 0 Å². The lowest BCUT2D eigenvalue weighted by molar-refractivity contribution is -0.139. The fourth-order valence-electron chi connectivity index (χ4n) is 3.79. The van der Waals surface area contributed by atoms with E-state index in [2.05, 4.69) is 4.98 Å². The Balaban J connectivity index is 1.55. The minimum Gasteiger partial charge on any atom is -0.488 e. The number of aryl methyl sites for hydroxylation is 1. The molecule has 0 N–H and O–H groups in total. The Morgan fingerprint density at radius 2 is 1.86 bits per heavy atom. The Kier molecular flexibility index (Phi) is 5.76. The zero-order chi connectivity index (χ0) is 20.2. The van der Waals surface area contributed by atoms with Gasteiger partial charge in [-0.1, -0.05) is 18.2 Å². The van der Waals surface area contributed by atoms with Gasteiger partial charge in [0.25, 0.3) is 5.91 Å². The van der Waals surface area contributed by atoms with Crippen molar-refractivity contribution in [2.75, 3.05) is 32.8 Å². The molecule has 0 bridgehead atoms. The van der Waals surface area contributed by atoms with Crippen LogP contribution in [-0.4, -0.2) is 71.6 Å². The standard InChI is InChI=1S/C22H25N3O4/c1-16-7-8-17(14-23-16)21(26)25-15-19(29-18-5-3-2-4-6-18)13-20(25)22(27)24-9-11-28-12-10-24/h2-8,14,19-20H,9-13,15H2,1H3/t19-,20+/m0/s1. The average molecular weight is 395 g/mol. The molecule has 7 heteroatoms. The zero-order valence-electron chi connectivity index (χ0n) is 16.5. The summed E-state index contributed by atoms with van der Waals surface area (Å²) in [5.74, 6) is 0.505. The Hall–Kier alpha value is -2.93. The van der Waals surface area contributed by atoms with E-state index in [9.17, 15) is 9.59 Å². The fourth-order valence-corrected chi connectivity index (χ4v) is 3.79. The summed E-state index contributed by atoms with van der Waals surface area (Å²) in [5.41, 5.74) is 1.32. The van der Waals surface area contributed by atoms with Gasteiger partial charge in [-0.2, -0.15) is 0 Å². The lowest BCUT2D eigenvalue weighted by Gasteiger charge is -2.32. The largest absolute Gasteiger partial charge is 0.488 e. The van der Waals surface area contributed by atoms with Crippen LogP contribution in [0.25, 0.3) is 0 Å². The molecule has 152 valence electrons. The molecule has 29 heavy (non-hydrogen) atoms. The molecule has 1 aromatic carbocycles. The van der Waals surface area contributed by atoms with Crippen molar-refractivity contribution in [1.29, 1.82) is 0 Å². The molecule has 2 aliphatic heterocycles. The second-order valence-electron chi connectivity index (χ2n) is 7.39. The van der Waals surface area contributed by atoms with Gasteiger partial charge in [-0.15, -0.1) is 0 Å². The van der Waals surface area contributed by atoms with Crippen molar-refractivity contribution >= 4 is 11.8 Å².